The highest BCUT2D eigenvalue weighted by atomic mass is 15.3. The fourth-order valence-electron chi connectivity index (χ4n) is 3.27. The van der Waals surface area contributed by atoms with Gasteiger partial charge in [0.2, 0.25) is 0 Å². The number of rotatable bonds is 1. The second-order valence-corrected chi connectivity index (χ2v) is 5.44. The highest BCUT2D eigenvalue weighted by Gasteiger charge is 2.34. The second-order valence-electron chi connectivity index (χ2n) is 5.44. The number of nitrogens with zero attached hydrogens (tertiary/aromatic N) is 3. The van der Waals surface area contributed by atoms with Gasteiger partial charge in [-0.15, -0.1) is 0 Å². The predicted molar refractivity (Wildman–Crippen MR) is 70.4 cm³/mol. The number of hydrogen-bond acceptors (Lipinski definition) is 3. The minimum absolute atomic E-state index is 0.746. The SMILES string of the molecule is Cc1cc(N2CCC3CCC(C2)N3C)ccn1. The quantitative estimate of drug-likeness (QED) is 0.737. The van der Waals surface area contributed by atoms with Crippen molar-refractivity contribution in [1.29, 1.82) is 0 Å². The van der Waals surface area contributed by atoms with Crippen LogP contribution in [-0.2, 0) is 0 Å². The molecule has 3 heteroatoms. The molecule has 0 spiro atoms. The average molecular weight is 231 g/mol. The number of pyridine rings is 1. The van der Waals surface area contributed by atoms with Crippen molar-refractivity contribution in [2.75, 3.05) is 25.0 Å². The van der Waals surface area contributed by atoms with Crippen LogP contribution in [0.4, 0.5) is 5.69 Å². The molecule has 2 atom stereocenters. The van der Waals surface area contributed by atoms with E-state index < -0.39 is 0 Å². The summed E-state index contributed by atoms with van der Waals surface area (Å²) in [6.07, 6.45) is 5.98. The molecule has 0 amide bonds. The van der Waals surface area contributed by atoms with Gasteiger partial charge in [0.1, 0.15) is 0 Å². The maximum absolute atomic E-state index is 4.28. The van der Waals surface area contributed by atoms with Crippen molar-refractivity contribution in [2.45, 2.75) is 38.3 Å². The van der Waals surface area contributed by atoms with E-state index in [1.165, 1.54) is 38.0 Å². The molecule has 0 N–H and O–H groups in total. The monoisotopic (exact) mass is 231 g/mol. The number of fused-ring (bicyclic) bond motifs is 2. The minimum Gasteiger partial charge on any atom is -0.370 e. The lowest BCUT2D eigenvalue weighted by atomic mass is 10.1. The second kappa shape index (κ2) is 4.30. The van der Waals surface area contributed by atoms with Crippen LogP contribution >= 0.6 is 0 Å². The van der Waals surface area contributed by atoms with E-state index in [4.69, 9.17) is 0 Å². The van der Waals surface area contributed by atoms with Gasteiger partial charge in [0.05, 0.1) is 0 Å². The van der Waals surface area contributed by atoms with Crippen molar-refractivity contribution in [3.8, 4) is 0 Å². The van der Waals surface area contributed by atoms with Gasteiger partial charge in [0.15, 0.2) is 0 Å². The summed E-state index contributed by atoms with van der Waals surface area (Å²) < 4.78 is 0. The Kier molecular flexibility index (Phi) is 2.79. The van der Waals surface area contributed by atoms with Crippen LogP contribution < -0.4 is 4.90 Å². The Hall–Kier alpha value is -1.09. The first-order valence-corrected chi connectivity index (χ1v) is 6.63. The Morgan fingerprint density at radius 1 is 1.24 bits per heavy atom. The molecule has 1 aromatic heterocycles. The summed E-state index contributed by atoms with van der Waals surface area (Å²) >= 11 is 0. The van der Waals surface area contributed by atoms with E-state index in [9.17, 15) is 0 Å². The van der Waals surface area contributed by atoms with Crippen LogP contribution in [0.3, 0.4) is 0 Å². The molecule has 0 aliphatic carbocycles. The Morgan fingerprint density at radius 3 is 2.88 bits per heavy atom. The highest BCUT2D eigenvalue weighted by molar-refractivity contribution is 5.47. The number of hydrogen-bond donors (Lipinski definition) is 0. The summed E-state index contributed by atoms with van der Waals surface area (Å²) in [6.45, 7) is 4.44. The van der Waals surface area contributed by atoms with Crippen LogP contribution in [0.5, 0.6) is 0 Å². The summed E-state index contributed by atoms with van der Waals surface area (Å²) in [6, 6.07) is 5.91. The molecule has 3 rings (SSSR count). The van der Waals surface area contributed by atoms with Crippen molar-refractivity contribution in [3.05, 3.63) is 24.0 Å². The van der Waals surface area contributed by atoms with Gasteiger partial charge in [-0.3, -0.25) is 9.88 Å². The molecule has 3 nitrogen and oxygen atoms in total. The van der Waals surface area contributed by atoms with E-state index in [2.05, 4.69) is 40.9 Å². The lowest BCUT2D eigenvalue weighted by molar-refractivity contribution is 0.254. The molecule has 2 saturated heterocycles. The van der Waals surface area contributed by atoms with Crippen molar-refractivity contribution in [1.82, 2.24) is 9.88 Å². The zero-order valence-corrected chi connectivity index (χ0v) is 10.8. The van der Waals surface area contributed by atoms with Gasteiger partial charge < -0.3 is 4.90 Å². The average Bonchev–Trinajstić information content (AvgIpc) is 2.53. The molecular formula is C14H21N3. The normalized spacial score (nSPS) is 29.4. The fraction of sp³-hybridized carbons (Fsp3) is 0.643. The van der Waals surface area contributed by atoms with Crippen LogP contribution in [0.1, 0.15) is 25.0 Å². The molecule has 0 radical (unpaired) electrons. The summed E-state index contributed by atoms with van der Waals surface area (Å²) in [5.41, 5.74) is 2.46. The third-order valence-corrected chi connectivity index (χ3v) is 4.39. The summed E-state index contributed by atoms with van der Waals surface area (Å²) in [5.74, 6) is 0. The first kappa shape index (κ1) is 11.0. The molecule has 17 heavy (non-hydrogen) atoms. The van der Waals surface area contributed by atoms with E-state index in [1.54, 1.807) is 0 Å². The third kappa shape index (κ3) is 2.04. The predicted octanol–water partition coefficient (Wildman–Crippen LogP) is 2.06. The van der Waals surface area contributed by atoms with Crippen molar-refractivity contribution >= 4 is 5.69 Å². The molecule has 2 unspecified atom stereocenters. The smallest absolute Gasteiger partial charge is 0.0400 e. The molecule has 2 aliphatic rings. The number of aromatic nitrogens is 1. The van der Waals surface area contributed by atoms with Gasteiger partial charge in [-0.25, -0.2) is 0 Å². The molecular weight excluding hydrogens is 210 g/mol. The topological polar surface area (TPSA) is 19.4 Å². The molecule has 3 heterocycles. The first-order valence-electron chi connectivity index (χ1n) is 6.63. The number of aryl methyl sites for hydroxylation is 1. The Morgan fingerprint density at radius 2 is 2.06 bits per heavy atom. The molecule has 2 aliphatic heterocycles. The largest absolute Gasteiger partial charge is 0.370 e. The Labute approximate surface area is 103 Å². The zero-order valence-electron chi connectivity index (χ0n) is 10.8. The van der Waals surface area contributed by atoms with Gasteiger partial charge in [-0.2, -0.15) is 0 Å². The van der Waals surface area contributed by atoms with E-state index in [0.29, 0.717) is 0 Å². The minimum atomic E-state index is 0.746. The van der Waals surface area contributed by atoms with Crippen LogP contribution in [0.2, 0.25) is 0 Å². The van der Waals surface area contributed by atoms with Crippen molar-refractivity contribution < 1.29 is 0 Å². The lowest BCUT2D eigenvalue weighted by Crippen LogP contribution is -2.36. The maximum Gasteiger partial charge on any atom is 0.0400 e. The van der Waals surface area contributed by atoms with Crippen LogP contribution in [0.15, 0.2) is 18.3 Å². The molecule has 2 fully saturated rings. The Balaban J connectivity index is 1.81. The Bertz CT molecular complexity index is 404. The van der Waals surface area contributed by atoms with Crippen molar-refractivity contribution in [2.24, 2.45) is 0 Å². The third-order valence-electron chi connectivity index (χ3n) is 4.39. The highest BCUT2D eigenvalue weighted by Crippen LogP contribution is 2.30. The standard InChI is InChI=1S/C14H21N3/c1-11-9-13(5-7-15-11)17-8-6-12-3-4-14(10-17)16(12)2/h5,7,9,12,14H,3-4,6,8,10H2,1-2H3. The van der Waals surface area contributed by atoms with Gasteiger partial charge in [-0.1, -0.05) is 0 Å². The van der Waals surface area contributed by atoms with E-state index in [0.717, 1.165) is 17.8 Å². The van der Waals surface area contributed by atoms with E-state index >= 15 is 0 Å². The van der Waals surface area contributed by atoms with Gasteiger partial charge in [-0.05, 0) is 45.4 Å². The van der Waals surface area contributed by atoms with Gasteiger partial charge in [0.25, 0.3) is 0 Å². The maximum atomic E-state index is 4.28. The summed E-state index contributed by atoms with van der Waals surface area (Å²) in [5, 5.41) is 0. The molecule has 0 saturated carbocycles. The van der Waals surface area contributed by atoms with Gasteiger partial charge >= 0.3 is 0 Å². The summed E-state index contributed by atoms with van der Waals surface area (Å²) in [7, 11) is 2.30. The molecule has 92 valence electrons. The first-order chi connectivity index (χ1) is 8.24. The summed E-state index contributed by atoms with van der Waals surface area (Å²) in [4.78, 5) is 9.41. The van der Waals surface area contributed by atoms with E-state index in [-0.39, 0.29) is 0 Å². The van der Waals surface area contributed by atoms with Crippen molar-refractivity contribution in [3.63, 3.8) is 0 Å². The molecule has 0 aromatic carbocycles. The number of anilines is 1. The number of likely N-dealkylation sites (N-methyl/N-ethyl adjacent to an activating group) is 1. The fourth-order valence-corrected chi connectivity index (χ4v) is 3.27. The van der Waals surface area contributed by atoms with E-state index in [1.807, 2.05) is 6.20 Å². The lowest BCUT2D eigenvalue weighted by Gasteiger charge is -2.27. The zero-order chi connectivity index (χ0) is 11.8. The van der Waals surface area contributed by atoms with Gasteiger partial charge in [0, 0.05) is 42.8 Å². The molecule has 2 bridgehead atoms. The van der Waals surface area contributed by atoms with Crippen LogP contribution in [0, 0.1) is 6.92 Å². The molecule has 1 aromatic rings. The van der Waals surface area contributed by atoms with Crippen LogP contribution in [-0.4, -0.2) is 42.1 Å². The van der Waals surface area contributed by atoms with Crippen LogP contribution in [0.25, 0.3) is 0 Å².